The smallest absolute Gasteiger partial charge is 0.119 e. The second-order valence-electron chi connectivity index (χ2n) is 5.82. The fourth-order valence-corrected chi connectivity index (χ4v) is 2.97. The summed E-state index contributed by atoms with van der Waals surface area (Å²) in [5.41, 5.74) is 1.70. The quantitative estimate of drug-likeness (QED) is 0.777. The Morgan fingerprint density at radius 1 is 1.30 bits per heavy atom. The van der Waals surface area contributed by atoms with Crippen molar-refractivity contribution in [2.24, 2.45) is 5.41 Å². The second-order valence-corrected chi connectivity index (χ2v) is 5.82. The number of rotatable bonds is 7. The summed E-state index contributed by atoms with van der Waals surface area (Å²) in [6.45, 7) is 6.17. The van der Waals surface area contributed by atoms with Gasteiger partial charge < -0.3 is 14.8 Å². The first-order valence-corrected chi connectivity index (χ1v) is 7.69. The lowest BCUT2D eigenvalue weighted by Crippen LogP contribution is -2.41. The Morgan fingerprint density at radius 2 is 2.10 bits per heavy atom. The van der Waals surface area contributed by atoms with Crippen LogP contribution in [0.15, 0.2) is 24.3 Å². The summed E-state index contributed by atoms with van der Waals surface area (Å²) in [5.74, 6) is 0.950. The van der Waals surface area contributed by atoms with E-state index in [1.165, 1.54) is 12.0 Å². The van der Waals surface area contributed by atoms with Crippen LogP contribution in [0.2, 0.25) is 0 Å². The van der Waals surface area contributed by atoms with E-state index in [1.54, 1.807) is 7.11 Å². The molecule has 1 N–H and O–H groups in total. The average Bonchev–Trinajstić information content (AvgIpc) is 2.48. The van der Waals surface area contributed by atoms with Crippen molar-refractivity contribution >= 4 is 0 Å². The van der Waals surface area contributed by atoms with Crippen molar-refractivity contribution in [3.8, 4) is 5.75 Å². The number of hydrogen-bond acceptors (Lipinski definition) is 3. The van der Waals surface area contributed by atoms with E-state index in [0.717, 1.165) is 51.3 Å². The summed E-state index contributed by atoms with van der Waals surface area (Å²) in [5, 5.41) is 3.61. The van der Waals surface area contributed by atoms with E-state index in [-0.39, 0.29) is 0 Å². The van der Waals surface area contributed by atoms with Gasteiger partial charge in [-0.15, -0.1) is 0 Å². The van der Waals surface area contributed by atoms with Crippen LogP contribution in [0.25, 0.3) is 0 Å². The number of methoxy groups -OCH3 is 1. The third kappa shape index (κ3) is 4.22. The topological polar surface area (TPSA) is 30.5 Å². The molecular weight excluding hydrogens is 250 g/mol. The molecule has 0 unspecified atom stereocenters. The molecule has 1 aromatic rings. The summed E-state index contributed by atoms with van der Waals surface area (Å²) in [6, 6.07) is 8.47. The molecule has 20 heavy (non-hydrogen) atoms. The van der Waals surface area contributed by atoms with Gasteiger partial charge in [-0.1, -0.05) is 19.1 Å². The molecule has 3 nitrogen and oxygen atoms in total. The van der Waals surface area contributed by atoms with Gasteiger partial charge in [0.25, 0.3) is 0 Å². The van der Waals surface area contributed by atoms with Gasteiger partial charge in [0.1, 0.15) is 5.75 Å². The first-order chi connectivity index (χ1) is 9.78. The van der Waals surface area contributed by atoms with Crippen LogP contribution in [0.4, 0.5) is 0 Å². The van der Waals surface area contributed by atoms with Crippen molar-refractivity contribution in [3.63, 3.8) is 0 Å². The Kier molecular flexibility index (Phi) is 5.86. The lowest BCUT2D eigenvalue weighted by molar-refractivity contribution is 0.0150. The van der Waals surface area contributed by atoms with Crippen LogP contribution >= 0.6 is 0 Å². The van der Waals surface area contributed by atoms with E-state index in [0.29, 0.717) is 5.41 Å². The summed E-state index contributed by atoms with van der Waals surface area (Å²) in [6.07, 6.45) is 4.57. The predicted octanol–water partition coefficient (Wildman–Crippen LogP) is 3.03. The second kappa shape index (κ2) is 7.65. The predicted molar refractivity (Wildman–Crippen MR) is 82.3 cm³/mol. The van der Waals surface area contributed by atoms with Gasteiger partial charge in [-0.25, -0.2) is 0 Å². The molecule has 0 spiro atoms. The molecule has 1 fully saturated rings. The SMILES string of the molecule is CCCNCC1(Cc2cccc(OC)c2)CCOCC1. The molecule has 112 valence electrons. The van der Waals surface area contributed by atoms with Crippen molar-refractivity contribution in [2.75, 3.05) is 33.4 Å². The van der Waals surface area contributed by atoms with Gasteiger partial charge in [0.2, 0.25) is 0 Å². The fraction of sp³-hybridized carbons (Fsp3) is 0.647. The third-order valence-corrected chi connectivity index (χ3v) is 4.19. The van der Waals surface area contributed by atoms with Gasteiger partial charge in [-0.05, 0) is 55.3 Å². The molecule has 1 aliphatic heterocycles. The maximum atomic E-state index is 5.56. The van der Waals surface area contributed by atoms with Gasteiger partial charge in [-0.3, -0.25) is 0 Å². The minimum absolute atomic E-state index is 0.333. The van der Waals surface area contributed by atoms with Gasteiger partial charge >= 0.3 is 0 Å². The highest BCUT2D eigenvalue weighted by Gasteiger charge is 2.32. The van der Waals surface area contributed by atoms with Crippen LogP contribution in [0.1, 0.15) is 31.7 Å². The van der Waals surface area contributed by atoms with Crippen LogP contribution < -0.4 is 10.1 Å². The normalized spacial score (nSPS) is 17.9. The highest BCUT2D eigenvalue weighted by molar-refractivity contribution is 5.29. The first kappa shape index (κ1) is 15.3. The zero-order valence-electron chi connectivity index (χ0n) is 12.8. The van der Waals surface area contributed by atoms with Crippen molar-refractivity contribution in [3.05, 3.63) is 29.8 Å². The minimum atomic E-state index is 0.333. The van der Waals surface area contributed by atoms with Crippen molar-refractivity contribution in [1.29, 1.82) is 0 Å². The molecule has 0 bridgehead atoms. The Labute approximate surface area is 122 Å². The van der Waals surface area contributed by atoms with Crippen molar-refractivity contribution < 1.29 is 9.47 Å². The summed E-state index contributed by atoms with van der Waals surface area (Å²) in [4.78, 5) is 0. The number of hydrogen-bond donors (Lipinski definition) is 1. The van der Waals surface area contributed by atoms with Gasteiger partial charge in [-0.2, -0.15) is 0 Å². The maximum Gasteiger partial charge on any atom is 0.119 e. The summed E-state index contributed by atoms with van der Waals surface area (Å²) in [7, 11) is 1.73. The standard InChI is InChI=1S/C17H27NO2/c1-3-9-18-14-17(7-10-20-11-8-17)13-15-5-4-6-16(12-15)19-2/h4-6,12,18H,3,7-11,13-14H2,1-2H3. The van der Waals surface area contributed by atoms with E-state index in [9.17, 15) is 0 Å². The Hall–Kier alpha value is -1.06. The molecule has 0 aromatic heterocycles. The first-order valence-electron chi connectivity index (χ1n) is 7.69. The largest absolute Gasteiger partial charge is 0.497 e. The fourth-order valence-electron chi connectivity index (χ4n) is 2.97. The summed E-state index contributed by atoms with van der Waals surface area (Å²) >= 11 is 0. The zero-order chi connectivity index (χ0) is 14.3. The van der Waals surface area contributed by atoms with Crippen LogP contribution in [-0.4, -0.2) is 33.4 Å². The highest BCUT2D eigenvalue weighted by Crippen LogP contribution is 2.34. The molecule has 0 aliphatic carbocycles. The molecule has 0 atom stereocenters. The van der Waals surface area contributed by atoms with Crippen molar-refractivity contribution in [1.82, 2.24) is 5.32 Å². The molecule has 1 aliphatic rings. The lowest BCUT2D eigenvalue weighted by atomic mass is 9.75. The molecule has 1 heterocycles. The molecule has 0 saturated carbocycles. The zero-order valence-corrected chi connectivity index (χ0v) is 12.8. The lowest BCUT2D eigenvalue weighted by Gasteiger charge is -2.38. The van der Waals surface area contributed by atoms with Gasteiger partial charge in [0, 0.05) is 19.8 Å². The monoisotopic (exact) mass is 277 g/mol. The summed E-state index contributed by atoms with van der Waals surface area (Å²) < 4.78 is 10.9. The van der Waals surface area contributed by atoms with Crippen LogP contribution in [0, 0.1) is 5.41 Å². The maximum absolute atomic E-state index is 5.56. The third-order valence-electron chi connectivity index (χ3n) is 4.19. The Balaban J connectivity index is 2.05. The van der Waals surface area contributed by atoms with Gasteiger partial charge in [0.05, 0.1) is 7.11 Å². The van der Waals surface area contributed by atoms with Crippen LogP contribution in [-0.2, 0) is 11.2 Å². The molecule has 2 rings (SSSR count). The molecule has 1 saturated heterocycles. The molecule has 3 heteroatoms. The number of benzene rings is 1. The highest BCUT2D eigenvalue weighted by atomic mass is 16.5. The molecule has 0 radical (unpaired) electrons. The molecule has 1 aromatic carbocycles. The van der Waals surface area contributed by atoms with Crippen LogP contribution in [0.5, 0.6) is 5.75 Å². The molecular formula is C17H27NO2. The number of ether oxygens (including phenoxy) is 2. The van der Waals surface area contributed by atoms with E-state index >= 15 is 0 Å². The Bertz CT molecular complexity index is 400. The van der Waals surface area contributed by atoms with E-state index in [4.69, 9.17) is 9.47 Å². The Morgan fingerprint density at radius 3 is 2.80 bits per heavy atom. The van der Waals surface area contributed by atoms with E-state index < -0.39 is 0 Å². The minimum Gasteiger partial charge on any atom is -0.497 e. The van der Waals surface area contributed by atoms with Gasteiger partial charge in [0.15, 0.2) is 0 Å². The number of nitrogens with one attached hydrogen (secondary N) is 1. The molecule has 0 amide bonds. The van der Waals surface area contributed by atoms with E-state index in [1.807, 2.05) is 6.07 Å². The van der Waals surface area contributed by atoms with E-state index in [2.05, 4.69) is 30.4 Å². The van der Waals surface area contributed by atoms with Crippen LogP contribution in [0.3, 0.4) is 0 Å². The average molecular weight is 277 g/mol. The van der Waals surface area contributed by atoms with Crippen molar-refractivity contribution in [2.45, 2.75) is 32.6 Å².